The van der Waals surface area contributed by atoms with Gasteiger partial charge in [-0.25, -0.2) is 13.2 Å². The third-order valence-electron chi connectivity index (χ3n) is 2.52. The highest BCUT2D eigenvalue weighted by Crippen LogP contribution is 2.12. The maximum absolute atomic E-state index is 12.0. The van der Waals surface area contributed by atoms with Gasteiger partial charge >= 0.3 is 5.97 Å². The molecule has 1 rings (SSSR count). The highest BCUT2D eigenvalue weighted by molar-refractivity contribution is 7.89. The molecule has 0 aliphatic carbocycles. The van der Waals surface area contributed by atoms with E-state index in [0.29, 0.717) is 12.0 Å². The van der Waals surface area contributed by atoms with Gasteiger partial charge in [-0.05, 0) is 30.2 Å². The summed E-state index contributed by atoms with van der Waals surface area (Å²) in [5, 5.41) is 8.50. The quantitative estimate of drug-likeness (QED) is 0.614. The Hall–Kier alpha value is -2.10. The second-order valence-electron chi connectivity index (χ2n) is 3.99. The normalized spacial score (nSPS) is 13.0. The molecule has 2 N–H and O–H groups in total. The Labute approximate surface area is 118 Å². The third-order valence-corrected chi connectivity index (χ3v) is 4.00. The number of carboxylic acids is 1. The number of carbonyl (C=O) groups is 1. The lowest BCUT2D eigenvalue weighted by molar-refractivity contribution is -0.131. The monoisotopic (exact) mass is 293 g/mol. The second kappa shape index (κ2) is 6.89. The van der Waals surface area contributed by atoms with Gasteiger partial charge < -0.3 is 5.11 Å². The molecule has 1 aromatic carbocycles. The van der Waals surface area contributed by atoms with Crippen LogP contribution in [0, 0.1) is 12.3 Å². The Balaban J connectivity index is 2.93. The van der Waals surface area contributed by atoms with Crippen LogP contribution >= 0.6 is 0 Å². The number of aliphatic carboxylic acids is 1. The molecule has 0 amide bonds. The molecule has 0 aliphatic rings. The molecular weight excluding hydrogens is 278 g/mol. The van der Waals surface area contributed by atoms with E-state index in [2.05, 4.69) is 10.6 Å². The lowest BCUT2D eigenvalue weighted by Crippen LogP contribution is -2.33. The fraction of sp³-hybridized carbons (Fsp3) is 0.214. The molecule has 106 valence electrons. The molecule has 6 heteroatoms. The summed E-state index contributed by atoms with van der Waals surface area (Å²) in [7, 11) is -3.66. The number of rotatable bonds is 6. The van der Waals surface area contributed by atoms with Crippen molar-refractivity contribution >= 4 is 22.1 Å². The van der Waals surface area contributed by atoms with Crippen LogP contribution in [0.25, 0.3) is 6.08 Å². The van der Waals surface area contributed by atoms with Crippen molar-refractivity contribution < 1.29 is 18.3 Å². The minimum absolute atomic E-state index is 0.0821. The Morgan fingerprint density at radius 2 is 2.05 bits per heavy atom. The van der Waals surface area contributed by atoms with E-state index in [0.717, 1.165) is 6.08 Å². The molecule has 20 heavy (non-hydrogen) atoms. The molecule has 5 nitrogen and oxygen atoms in total. The first-order valence-electron chi connectivity index (χ1n) is 5.88. The molecule has 0 fully saturated rings. The number of nitrogens with one attached hydrogen (secondary N) is 1. The number of hydrogen-bond donors (Lipinski definition) is 2. The molecule has 0 bridgehead atoms. The first-order valence-corrected chi connectivity index (χ1v) is 7.37. The summed E-state index contributed by atoms with van der Waals surface area (Å²) < 4.78 is 26.4. The van der Waals surface area contributed by atoms with E-state index in [-0.39, 0.29) is 4.90 Å². The van der Waals surface area contributed by atoms with Crippen LogP contribution in [0.5, 0.6) is 0 Å². The molecule has 0 saturated carbocycles. The summed E-state index contributed by atoms with van der Waals surface area (Å²) in [5.41, 5.74) is 0.593. The average molecular weight is 293 g/mol. The lowest BCUT2D eigenvalue weighted by atomic mass is 10.2. The van der Waals surface area contributed by atoms with E-state index >= 15 is 0 Å². The molecular formula is C14H15NO4S. The molecule has 0 saturated heterocycles. The maximum Gasteiger partial charge on any atom is 0.328 e. The summed E-state index contributed by atoms with van der Waals surface area (Å²) in [6.45, 7) is 1.78. The van der Waals surface area contributed by atoms with E-state index in [9.17, 15) is 13.2 Å². The molecule has 0 aromatic heterocycles. The SMILES string of the molecule is C#CC(CC)NS(=O)(=O)c1ccc(/C=C/C(=O)O)cc1. The number of sulfonamides is 1. The van der Waals surface area contributed by atoms with Crippen molar-refractivity contribution in [2.45, 2.75) is 24.3 Å². The molecule has 1 aromatic rings. The average Bonchev–Trinajstić information content (AvgIpc) is 2.43. The molecule has 0 aliphatic heterocycles. The van der Waals surface area contributed by atoms with Crippen LogP contribution in [-0.2, 0) is 14.8 Å². The summed E-state index contributed by atoms with van der Waals surface area (Å²) in [5.74, 6) is 1.29. The van der Waals surface area contributed by atoms with Crippen LogP contribution < -0.4 is 4.72 Å². The number of terminal acetylenes is 1. The van der Waals surface area contributed by atoms with Crippen LogP contribution in [0.3, 0.4) is 0 Å². The molecule has 1 unspecified atom stereocenters. The van der Waals surface area contributed by atoms with Crippen LogP contribution in [0.4, 0.5) is 0 Å². The van der Waals surface area contributed by atoms with Crippen LogP contribution in [-0.4, -0.2) is 25.5 Å². The third kappa shape index (κ3) is 4.53. The van der Waals surface area contributed by atoms with Crippen molar-refractivity contribution in [3.8, 4) is 12.3 Å². The number of carboxylic acid groups (broad SMARTS) is 1. The van der Waals surface area contributed by atoms with Gasteiger partial charge in [-0.3, -0.25) is 0 Å². The Morgan fingerprint density at radius 3 is 2.50 bits per heavy atom. The van der Waals surface area contributed by atoms with E-state index in [1.54, 1.807) is 6.92 Å². The number of benzene rings is 1. The van der Waals surface area contributed by atoms with E-state index in [1.807, 2.05) is 0 Å². The second-order valence-corrected chi connectivity index (χ2v) is 5.70. The van der Waals surface area contributed by atoms with Gasteiger partial charge in [0.25, 0.3) is 0 Å². The first-order chi connectivity index (χ1) is 9.39. The van der Waals surface area contributed by atoms with Crippen molar-refractivity contribution in [3.05, 3.63) is 35.9 Å². The minimum atomic E-state index is -3.66. The van der Waals surface area contributed by atoms with Crippen molar-refractivity contribution in [1.82, 2.24) is 4.72 Å². The Kier molecular flexibility index (Phi) is 5.50. The smallest absolute Gasteiger partial charge is 0.328 e. The van der Waals surface area contributed by atoms with Gasteiger partial charge in [0.1, 0.15) is 0 Å². The Morgan fingerprint density at radius 1 is 1.45 bits per heavy atom. The van der Waals surface area contributed by atoms with Crippen molar-refractivity contribution in [2.75, 3.05) is 0 Å². The van der Waals surface area contributed by atoms with E-state index in [1.165, 1.54) is 30.3 Å². The molecule has 0 heterocycles. The van der Waals surface area contributed by atoms with Crippen molar-refractivity contribution in [2.24, 2.45) is 0 Å². The molecule has 0 radical (unpaired) electrons. The fourth-order valence-electron chi connectivity index (χ4n) is 1.42. The van der Waals surface area contributed by atoms with Crippen LogP contribution in [0.2, 0.25) is 0 Å². The lowest BCUT2D eigenvalue weighted by Gasteiger charge is -2.11. The van der Waals surface area contributed by atoms with Gasteiger partial charge in [0.15, 0.2) is 0 Å². The summed E-state index contributed by atoms with van der Waals surface area (Å²) in [6, 6.07) is 5.28. The molecule has 1 atom stereocenters. The topological polar surface area (TPSA) is 83.5 Å². The van der Waals surface area contributed by atoms with E-state index in [4.69, 9.17) is 11.5 Å². The standard InChI is InChI=1S/C14H15NO4S/c1-3-12(4-2)15-20(18,19)13-8-5-11(6-9-13)7-10-14(16)17/h1,5-10,12,15H,4H2,2H3,(H,16,17)/b10-7+. The largest absolute Gasteiger partial charge is 0.478 e. The summed E-state index contributed by atoms with van der Waals surface area (Å²) in [4.78, 5) is 10.5. The van der Waals surface area contributed by atoms with E-state index < -0.39 is 22.0 Å². The maximum atomic E-state index is 12.0. The first kappa shape index (κ1) is 16.0. The highest BCUT2D eigenvalue weighted by Gasteiger charge is 2.17. The van der Waals surface area contributed by atoms with Gasteiger partial charge in [-0.1, -0.05) is 25.0 Å². The highest BCUT2D eigenvalue weighted by atomic mass is 32.2. The number of hydrogen-bond acceptors (Lipinski definition) is 3. The van der Waals surface area contributed by atoms with Gasteiger partial charge in [0, 0.05) is 6.08 Å². The van der Waals surface area contributed by atoms with Gasteiger partial charge in [-0.15, -0.1) is 6.42 Å². The molecule has 0 spiro atoms. The summed E-state index contributed by atoms with van der Waals surface area (Å²) in [6.07, 6.45) is 8.07. The van der Waals surface area contributed by atoms with Crippen LogP contribution in [0.1, 0.15) is 18.9 Å². The summed E-state index contributed by atoms with van der Waals surface area (Å²) >= 11 is 0. The van der Waals surface area contributed by atoms with Crippen molar-refractivity contribution in [1.29, 1.82) is 0 Å². The van der Waals surface area contributed by atoms with Gasteiger partial charge in [0.05, 0.1) is 10.9 Å². The van der Waals surface area contributed by atoms with Gasteiger partial charge in [0.2, 0.25) is 10.0 Å². The minimum Gasteiger partial charge on any atom is -0.478 e. The zero-order valence-electron chi connectivity index (χ0n) is 10.9. The van der Waals surface area contributed by atoms with Crippen molar-refractivity contribution in [3.63, 3.8) is 0 Å². The Bertz CT molecular complexity index is 639. The zero-order valence-corrected chi connectivity index (χ0v) is 11.7. The fourth-order valence-corrected chi connectivity index (χ4v) is 2.66. The van der Waals surface area contributed by atoms with Crippen LogP contribution in [0.15, 0.2) is 35.2 Å². The zero-order chi connectivity index (χ0) is 15.2. The predicted octanol–water partition coefficient (Wildman–Crippen LogP) is 1.47. The van der Waals surface area contributed by atoms with Gasteiger partial charge in [-0.2, -0.15) is 4.72 Å². The predicted molar refractivity (Wildman–Crippen MR) is 76.3 cm³/mol.